The number of nitrogens with one attached hydrogen (secondary N) is 1. The number of fused-ring (bicyclic) bond motifs is 1. The molecule has 0 saturated carbocycles. The quantitative estimate of drug-likeness (QED) is 0.909. The molecule has 25 heavy (non-hydrogen) atoms. The van der Waals surface area contributed by atoms with E-state index in [2.05, 4.69) is 5.32 Å². The zero-order chi connectivity index (χ0) is 18.0. The van der Waals surface area contributed by atoms with Gasteiger partial charge in [0.05, 0.1) is 6.04 Å². The molecule has 132 valence electrons. The molecule has 2 unspecified atom stereocenters. The number of aryl methyl sites for hydroxylation is 1. The normalized spacial score (nSPS) is 19.3. The number of carbonyl (C=O) groups excluding carboxylic acids is 1. The molecule has 0 bridgehead atoms. The van der Waals surface area contributed by atoms with Gasteiger partial charge in [0, 0.05) is 12.0 Å². The summed E-state index contributed by atoms with van der Waals surface area (Å²) in [5.74, 6) is 1.41. The van der Waals surface area contributed by atoms with Crippen LogP contribution in [0.1, 0.15) is 44.4 Å². The molecule has 2 atom stereocenters. The van der Waals surface area contributed by atoms with Crippen LogP contribution in [0.25, 0.3) is 0 Å². The lowest BCUT2D eigenvalue weighted by molar-refractivity contribution is -0.128. The van der Waals surface area contributed by atoms with E-state index in [-0.39, 0.29) is 17.6 Å². The lowest BCUT2D eigenvalue weighted by Crippen LogP contribution is -2.44. The minimum atomic E-state index is -0.570. The van der Waals surface area contributed by atoms with Gasteiger partial charge >= 0.3 is 0 Å². The molecular formula is C21H25NO3. The molecule has 0 spiro atoms. The van der Waals surface area contributed by atoms with Gasteiger partial charge in [0.1, 0.15) is 17.1 Å². The fraction of sp³-hybridized carbons (Fsp3) is 0.381. The third-order valence-corrected chi connectivity index (χ3v) is 4.36. The van der Waals surface area contributed by atoms with Crippen molar-refractivity contribution in [3.63, 3.8) is 0 Å². The lowest BCUT2D eigenvalue weighted by Gasteiger charge is -2.38. The topological polar surface area (TPSA) is 47.6 Å². The van der Waals surface area contributed by atoms with Crippen LogP contribution in [-0.2, 0) is 4.79 Å². The number of amides is 1. The summed E-state index contributed by atoms with van der Waals surface area (Å²) in [5, 5.41) is 3.12. The van der Waals surface area contributed by atoms with Gasteiger partial charge in [-0.2, -0.15) is 0 Å². The van der Waals surface area contributed by atoms with Crippen LogP contribution in [0.2, 0.25) is 0 Å². The number of hydrogen-bond donors (Lipinski definition) is 1. The van der Waals surface area contributed by atoms with E-state index in [1.54, 1.807) is 6.92 Å². The lowest BCUT2D eigenvalue weighted by atomic mass is 9.89. The van der Waals surface area contributed by atoms with Gasteiger partial charge < -0.3 is 14.8 Å². The fourth-order valence-electron chi connectivity index (χ4n) is 3.17. The summed E-state index contributed by atoms with van der Waals surface area (Å²) in [4.78, 5) is 12.6. The van der Waals surface area contributed by atoms with Crippen molar-refractivity contribution < 1.29 is 14.3 Å². The molecule has 0 radical (unpaired) electrons. The van der Waals surface area contributed by atoms with Crippen molar-refractivity contribution >= 4 is 5.91 Å². The van der Waals surface area contributed by atoms with Crippen molar-refractivity contribution in [2.75, 3.05) is 0 Å². The summed E-state index contributed by atoms with van der Waals surface area (Å²) >= 11 is 0. The van der Waals surface area contributed by atoms with Gasteiger partial charge in [0.15, 0.2) is 6.10 Å². The molecule has 4 nitrogen and oxygen atoms in total. The molecule has 1 N–H and O–H groups in total. The molecule has 0 saturated heterocycles. The highest BCUT2D eigenvalue weighted by molar-refractivity contribution is 5.81. The smallest absolute Gasteiger partial charge is 0.261 e. The largest absolute Gasteiger partial charge is 0.487 e. The predicted molar refractivity (Wildman–Crippen MR) is 97.9 cm³/mol. The van der Waals surface area contributed by atoms with Gasteiger partial charge in [-0.1, -0.05) is 30.3 Å². The molecule has 1 aliphatic rings. The number of rotatable bonds is 4. The maximum absolute atomic E-state index is 12.6. The van der Waals surface area contributed by atoms with Crippen molar-refractivity contribution in [2.24, 2.45) is 0 Å². The van der Waals surface area contributed by atoms with Crippen LogP contribution in [-0.4, -0.2) is 17.6 Å². The zero-order valence-electron chi connectivity index (χ0n) is 15.2. The summed E-state index contributed by atoms with van der Waals surface area (Å²) < 4.78 is 11.8. The molecule has 4 heteroatoms. The first-order valence-electron chi connectivity index (χ1n) is 8.66. The fourth-order valence-corrected chi connectivity index (χ4v) is 3.17. The van der Waals surface area contributed by atoms with Crippen molar-refractivity contribution in [1.82, 2.24) is 5.32 Å². The van der Waals surface area contributed by atoms with Crippen molar-refractivity contribution in [1.29, 1.82) is 0 Å². The Hall–Kier alpha value is -2.49. The SMILES string of the molecule is Cc1cccc(OC(C)C(=O)NC2CC(C)(C)Oc3ccccc32)c1. The Morgan fingerprint density at radius 1 is 1.24 bits per heavy atom. The number of carbonyl (C=O) groups is 1. The first kappa shape index (κ1) is 17.3. The van der Waals surface area contributed by atoms with Crippen LogP contribution >= 0.6 is 0 Å². The first-order valence-corrected chi connectivity index (χ1v) is 8.66. The Kier molecular flexibility index (Phi) is 4.71. The van der Waals surface area contributed by atoms with Gasteiger partial charge in [-0.3, -0.25) is 4.79 Å². The minimum absolute atomic E-state index is 0.0870. The standard InChI is InChI=1S/C21H25NO3/c1-14-8-7-9-16(12-14)24-15(2)20(23)22-18-13-21(3,4)25-19-11-6-5-10-17(18)19/h5-12,15,18H,13H2,1-4H3,(H,22,23). The van der Waals surface area contributed by atoms with Crippen LogP contribution in [0, 0.1) is 6.92 Å². The van der Waals surface area contributed by atoms with Crippen LogP contribution in [0.15, 0.2) is 48.5 Å². The Bertz CT molecular complexity index is 769. The van der Waals surface area contributed by atoms with E-state index < -0.39 is 6.10 Å². The Morgan fingerprint density at radius 3 is 2.76 bits per heavy atom. The molecule has 1 amide bonds. The van der Waals surface area contributed by atoms with E-state index in [4.69, 9.17) is 9.47 Å². The highest BCUT2D eigenvalue weighted by atomic mass is 16.5. The molecule has 0 aromatic heterocycles. The number of ether oxygens (including phenoxy) is 2. The Morgan fingerprint density at radius 2 is 2.00 bits per heavy atom. The van der Waals surface area contributed by atoms with Crippen LogP contribution < -0.4 is 14.8 Å². The number of para-hydroxylation sites is 1. The van der Waals surface area contributed by atoms with Crippen molar-refractivity contribution in [3.05, 3.63) is 59.7 Å². The maximum Gasteiger partial charge on any atom is 0.261 e. The van der Waals surface area contributed by atoms with E-state index in [1.807, 2.05) is 69.3 Å². The second kappa shape index (κ2) is 6.79. The Balaban J connectivity index is 1.72. The molecule has 1 aliphatic heterocycles. The van der Waals surface area contributed by atoms with E-state index in [1.165, 1.54) is 0 Å². The zero-order valence-corrected chi connectivity index (χ0v) is 15.2. The Labute approximate surface area is 149 Å². The van der Waals surface area contributed by atoms with Crippen molar-refractivity contribution in [3.8, 4) is 11.5 Å². The predicted octanol–water partition coefficient (Wildman–Crippen LogP) is 4.18. The molecule has 2 aromatic carbocycles. The molecule has 0 aliphatic carbocycles. The van der Waals surface area contributed by atoms with Gasteiger partial charge in [-0.05, 0) is 51.5 Å². The maximum atomic E-state index is 12.6. The number of benzene rings is 2. The summed E-state index contributed by atoms with van der Waals surface area (Å²) in [7, 11) is 0. The summed E-state index contributed by atoms with van der Waals surface area (Å²) in [6, 6.07) is 15.5. The second-order valence-corrected chi connectivity index (χ2v) is 7.24. The van der Waals surface area contributed by atoms with Gasteiger partial charge in [0.2, 0.25) is 0 Å². The van der Waals surface area contributed by atoms with E-state index in [9.17, 15) is 4.79 Å². The van der Waals surface area contributed by atoms with Gasteiger partial charge in [-0.15, -0.1) is 0 Å². The summed E-state index contributed by atoms with van der Waals surface area (Å²) in [6.45, 7) is 7.84. The average Bonchev–Trinajstić information content (AvgIpc) is 2.53. The van der Waals surface area contributed by atoms with E-state index >= 15 is 0 Å². The van der Waals surface area contributed by atoms with Gasteiger partial charge in [0.25, 0.3) is 5.91 Å². The molecule has 0 fully saturated rings. The second-order valence-electron chi connectivity index (χ2n) is 7.24. The minimum Gasteiger partial charge on any atom is -0.487 e. The van der Waals surface area contributed by atoms with Crippen LogP contribution in [0.4, 0.5) is 0 Å². The van der Waals surface area contributed by atoms with E-state index in [0.29, 0.717) is 12.2 Å². The summed E-state index contributed by atoms with van der Waals surface area (Å²) in [6.07, 6.45) is 0.146. The third kappa shape index (κ3) is 4.13. The summed E-state index contributed by atoms with van der Waals surface area (Å²) in [5.41, 5.74) is 1.79. The number of hydrogen-bond acceptors (Lipinski definition) is 3. The third-order valence-electron chi connectivity index (χ3n) is 4.36. The first-order chi connectivity index (χ1) is 11.8. The highest BCUT2D eigenvalue weighted by Crippen LogP contribution is 2.39. The highest BCUT2D eigenvalue weighted by Gasteiger charge is 2.35. The molecule has 3 rings (SSSR count). The molecule has 2 aromatic rings. The molecule has 1 heterocycles. The van der Waals surface area contributed by atoms with E-state index in [0.717, 1.165) is 16.9 Å². The molecular weight excluding hydrogens is 314 g/mol. The van der Waals surface area contributed by atoms with Gasteiger partial charge in [-0.25, -0.2) is 0 Å². The van der Waals surface area contributed by atoms with Crippen LogP contribution in [0.5, 0.6) is 11.5 Å². The average molecular weight is 339 g/mol. The monoisotopic (exact) mass is 339 g/mol. The van der Waals surface area contributed by atoms with Crippen molar-refractivity contribution in [2.45, 2.75) is 51.9 Å². The van der Waals surface area contributed by atoms with Crippen LogP contribution in [0.3, 0.4) is 0 Å².